The van der Waals surface area contributed by atoms with E-state index in [1.165, 1.54) is 0 Å². The van der Waals surface area contributed by atoms with Crippen LogP contribution in [0.4, 0.5) is 11.4 Å². The van der Waals surface area contributed by atoms with Gasteiger partial charge in [0, 0.05) is 48.7 Å². The Morgan fingerprint density at radius 2 is 1.90 bits per heavy atom. The molecule has 2 atom stereocenters. The molecule has 3 heterocycles. The molecule has 2 unspecified atom stereocenters. The number of nitrogens with zero attached hydrogens (tertiary/aromatic N) is 5. The van der Waals surface area contributed by atoms with Crippen LogP contribution in [0.3, 0.4) is 0 Å². The number of piperazine rings is 1. The molecule has 4 aromatic rings. The van der Waals surface area contributed by atoms with E-state index in [9.17, 15) is 4.79 Å². The van der Waals surface area contributed by atoms with Gasteiger partial charge in [0.2, 0.25) is 0 Å². The van der Waals surface area contributed by atoms with E-state index in [2.05, 4.69) is 44.7 Å². The average molecular weight is 416 g/mol. The quantitative estimate of drug-likeness (QED) is 0.535. The van der Waals surface area contributed by atoms with Crippen molar-refractivity contribution in [2.24, 2.45) is 7.05 Å². The minimum atomic E-state index is -0.213. The van der Waals surface area contributed by atoms with Crippen molar-refractivity contribution in [1.82, 2.24) is 25.3 Å². The first-order valence-electron chi connectivity index (χ1n) is 10.5. The number of hydrogen-bond donors (Lipinski definition) is 2. The number of aromatic nitrogens is 4. The van der Waals surface area contributed by atoms with E-state index < -0.39 is 0 Å². The second kappa shape index (κ2) is 7.63. The van der Waals surface area contributed by atoms with E-state index in [0.29, 0.717) is 23.2 Å². The largest absolute Gasteiger partial charge is 0.368 e. The number of rotatable bonds is 3. The number of carbonyl (C=O) groups excluding carboxylic acids is 1. The minimum absolute atomic E-state index is 0.213. The molecule has 0 aliphatic carbocycles. The lowest BCUT2D eigenvalue weighted by molar-refractivity contribution is 0.102. The summed E-state index contributed by atoms with van der Waals surface area (Å²) in [5.74, 6) is -0.213. The van der Waals surface area contributed by atoms with Crippen molar-refractivity contribution in [3.8, 4) is 0 Å². The second-order valence-corrected chi connectivity index (χ2v) is 8.26. The molecule has 0 spiro atoms. The molecule has 1 amide bonds. The predicted molar refractivity (Wildman–Crippen MR) is 122 cm³/mol. The summed E-state index contributed by atoms with van der Waals surface area (Å²) in [6, 6.07) is 12.3. The van der Waals surface area contributed by atoms with Crippen molar-refractivity contribution < 1.29 is 4.79 Å². The zero-order valence-electron chi connectivity index (χ0n) is 17.8. The fourth-order valence-electron chi connectivity index (χ4n) is 4.53. The zero-order valence-corrected chi connectivity index (χ0v) is 17.8. The first-order valence-corrected chi connectivity index (χ1v) is 10.5. The van der Waals surface area contributed by atoms with Crippen LogP contribution in [0.1, 0.15) is 24.2 Å². The van der Waals surface area contributed by atoms with Gasteiger partial charge < -0.3 is 15.5 Å². The summed E-state index contributed by atoms with van der Waals surface area (Å²) in [6.45, 7) is 6.17. The van der Waals surface area contributed by atoms with Gasteiger partial charge in [-0.15, -0.1) is 5.10 Å². The number of fused-ring (bicyclic) bond motifs is 2. The molecule has 31 heavy (non-hydrogen) atoms. The number of aryl methyl sites for hydroxylation is 1. The summed E-state index contributed by atoms with van der Waals surface area (Å²) in [5.41, 5.74) is 3.87. The van der Waals surface area contributed by atoms with E-state index in [-0.39, 0.29) is 5.91 Å². The van der Waals surface area contributed by atoms with Gasteiger partial charge in [0.25, 0.3) is 5.91 Å². The van der Waals surface area contributed by atoms with Crippen LogP contribution in [0.25, 0.3) is 21.8 Å². The lowest BCUT2D eigenvalue weighted by atomic mass is 10.0. The van der Waals surface area contributed by atoms with Crippen LogP contribution >= 0.6 is 0 Å². The van der Waals surface area contributed by atoms with Crippen molar-refractivity contribution in [3.63, 3.8) is 0 Å². The van der Waals surface area contributed by atoms with Gasteiger partial charge in [-0.1, -0.05) is 6.07 Å². The van der Waals surface area contributed by atoms with Crippen LogP contribution in [0.2, 0.25) is 0 Å². The maximum absolute atomic E-state index is 13.2. The van der Waals surface area contributed by atoms with E-state index in [1.807, 2.05) is 43.4 Å². The summed E-state index contributed by atoms with van der Waals surface area (Å²) in [6.07, 6.45) is 3.44. The Bertz CT molecular complexity index is 1270. The number of anilines is 2. The lowest BCUT2D eigenvalue weighted by Crippen LogP contribution is -2.54. The number of hydrogen-bond acceptors (Lipinski definition) is 6. The molecule has 5 rings (SSSR count). The van der Waals surface area contributed by atoms with Crippen LogP contribution < -0.4 is 15.5 Å². The molecular weight excluding hydrogens is 390 g/mol. The van der Waals surface area contributed by atoms with Gasteiger partial charge in [-0.25, -0.2) is 0 Å². The maximum atomic E-state index is 13.2. The monoisotopic (exact) mass is 415 g/mol. The first kappa shape index (κ1) is 19.4. The van der Waals surface area contributed by atoms with E-state index >= 15 is 0 Å². The molecule has 1 saturated heterocycles. The highest BCUT2D eigenvalue weighted by atomic mass is 16.1. The van der Waals surface area contributed by atoms with Gasteiger partial charge in [0.15, 0.2) is 0 Å². The van der Waals surface area contributed by atoms with Crippen LogP contribution in [0, 0.1) is 0 Å². The zero-order chi connectivity index (χ0) is 21.5. The Kier molecular flexibility index (Phi) is 4.78. The summed E-state index contributed by atoms with van der Waals surface area (Å²) in [5, 5.41) is 21.1. The summed E-state index contributed by atoms with van der Waals surface area (Å²) < 4.78 is 1.79. The fourth-order valence-corrected chi connectivity index (χ4v) is 4.53. The molecule has 158 valence electrons. The van der Waals surface area contributed by atoms with Crippen molar-refractivity contribution in [3.05, 3.63) is 54.4 Å². The highest BCUT2D eigenvalue weighted by molar-refractivity contribution is 6.15. The number of benzene rings is 2. The van der Waals surface area contributed by atoms with Gasteiger partial charge in [-0.05, 0) is 44.2 Å². The molecule has 1 aliphatic heterocycles. The molecule has 0 saturated carbocycles. The predicted octanol–water partition coefficient (Wildman–Crippen LogP) is 2.96. The normalized spacial score (nSPS) is 19.1. The van der Waals surface area contributed by atoms with Gasteiger partial charge in [0.05, 0.1) is 29.2 Å². The Morgan fingerprint density at radius 1 is 1.10 bits per heavy atom. The average Bonchev–Trinajstić information content (AvgIpc) is 3.14. The Balaban J connectivity index is 1.52. The van der Waals surface area contributed by atoms with Crippen molar-refractivity contribution >= 4 is 39.1 Å². The Morgan fingerprint density at radius 3 is 2.71 bits per heavy atom. The van der Waals surface area contributed by atoms with E-state index in [4.69, 9.17) is 0 Å². The maximum Gasteiger partial charge on any atom is 0.257 e. The van der Waals surface area contributed by atoms with Gasteiger partial charge in [-0.2, -0.15) is 10.2 Å². The topological polar surface area (TPSA) is 88.0 Å². The summed E-state index contributed by atoms with van der Waals surface area (Å²) in [7, 11) is 1.88. The molecule has 0 bridgehead atoms. The highest BCUT2D eigenvalue weighted by Crippen LogP contribution is 2.30. The summed E-state index contributed by atoms with van der Waals surface area (Å²) >= 11 is 0. The molecule has 0 radical (unpaired) electrons. The number of carbonyl (C=O) groups is 1. The molecule has 2 aromatic carbocycles. The van der Waals surface area contributed by atoms with Crippen molar-refractivity contribution in [1.29, 1.82) is 0 Å². The molecule has 1 aliphatic rings. The molecule has 2 aromatic heterocycles. The third-order valence-corrected chi connectivity index (χ3v) is 5.84. The Labute approximate surface area is 180 Å². The Hall–Kier alpha value is -3.52. The number of amides is 1. The SMILES string of the molecule is CC1CN(c2ccc(C(=O)Nc3cccc4c3cnn4C)c3nnccc23)CC(C)N1. The minimum Gasteiger partial charge on any atom is -0.368 e. The smallest absolute Gasteiger partial charge is 0.257 e. The van der Waals surface area contributed by atoms with Crippen molar-refractivity contribution in [2.75, 3.05) is 23.3 Å². The third kappa shape index (κ3) is 3.48. The molecule has 1 fully saturated rings. The van der Waals surface area contributed by atoms with Crippen molar-refractivity contribution in [2.45, 2.75) is 25.9 Å². The fraction of sp³-hybridized carbons (Fsp3) is 0.304. The molecule has 8 heteroatoms. The number of nitrogens with one attached hydrogen (secondary N) is 2. The van der Waals surface area contributed by atoms with E-state index in [1.54, 1.807) is 17.1 Å². The summed E-state index contributed by atoms with van der Waals surface area (Å²) in [4.78, 5) is 15.6. The van der Waals surface area contributed by atoms with Gasteiger partial charge >= 0.3 is 0 Å². The molecule has 8 nitrogen and oxygen atoms in total. The highest BCUT2D eigenvalue weighted by Gasteiger charge is 2.24. The van der Waals surface area contributed by atoms with Gasteiger partial charge in [0.1, 0.15) is 5.52 Å². The standard InChI is InChI=1S/C23H25N7O/c1-14-12-30(13-15(2)26-14)21-8-7-17(22-16(21)9-10-24-28-22)23(31)27-19-5-4-6-20-18(19)11-25-29(20)3/h4-11,14-15,26H,12-13H2,1-3H3,(H,27,31). The van der Waals surface area contributed by atoms with Crippen LogP contribution in [-0.2, 0) is 7.05 Å². The molecule has 2 N–H and O–H groups in total. The van der Waals surface area contributed by atoms with Crippen LogP contribution in [0.5, 0.6) is 0 Å². The van der Waals surface area contributed by atoms with E-state index in [0.717, 1.165) is 40.8 Å². The second-order valence-electron chi connectivity index (χ2n) is 8.26. The third-order valence-electron chi connectivity index (χ3n) is 5.84. The first-order chi connectivity index (χ1) is 15.0. The van der Waals surface area contributed by atoms with Gasteiger partial charge in [-0.3, -0.25) is 9.48 Å². The van der Waals surface area contributed by atoms with Crippen LogP contribution in [0.15, 0.2) is 48.8 Å². The molecular formula is C23H25N7O. The lowest BCUT2D eigenvalue weighted by Gasteiger charge is -2.38. The van der Waals surface area contributed by atoms with Crippen LogP contribution in [-0.4, -0.2) is 51.1 Å².